The Bertz CT molecular complexity index is 713. The third-order valence-corrected chi connectivity index (χ3v) is 6.75. The Labute approximate surface area is 163 Å². The number of amides is 1. The van der Waals surface area contributed by atoms with Crippen LogP contribution >= 0.6 is 11.3 Å². The molecule has 0 saturated heterocycles. The zero-order valence-electron chi connectivity index (χ0n) is 15.9. The van der Waals surface area contributed by atoms with E-state index in [-0.39, 0.29) is 19.2 Å². The smallest absolute Gasteiger partial charge is 0.341 e. The second-order valence-electron chi connectivity index (χ2n) is 7.38. The first kappa shape index (κ1) is 19.9. The van der Waals surface area contributed by atoms with Crippen molar-refractivity contribution >= 4 is 34.2 Å². The Balaban J connectivity index is 1.49. The number of aryl methyl sites for hydroxylation is 1. The highest BCUT2D eigenvalue weighted by Crippen LogP contribution is 2.49. The molecule has 1 N–H and O–H groups in total. The summed E-state index contributed by atoms with van der Waals surface area (Å²) in [6.07, 6.45) is 6.03. The van der Waals surface area contributed by atoms with Crippen molar-refractivity contribution in [2.24, 2.45) is 17.8 Å². The molecule has 1 aromatic heterocycles. The Morgan fingerprint density at radius 1 is 1.19 bits per heavy atom. The van der Waals surface area contributed by atoms with Crippen molar-refractivity contribution in [3.8, 4) is 0 Å². The molecule has 0 unspecified atom stereocenters. The third kappa shape index (κ3) is 4.89. The fourth-order valence-corrected chi connectivity index (χ4v) is 5.28. The zero-order valence-corrected chi connectivity index (χ0v) is 16.7. The Kier molecular flexibility index (Phi) is 6.52. The van der Waals surface area contributed by atoms with Gasteiger partial charge in [-0.05, 0) is 56.4 Å². The minimum Gasteiger partial charge on any atom is -0.462 e. The van der Waals surface area contributed by atoms with E-state index in [1.165, 1.54) is 30.6 Å². The number of carbonyl (C=O) groups excluding carboxylic acids is 3. The summed E-state index contributed by atoms with van der Waals surface area (Å²) in [6.45, 7) is 3.65. The van der Waals surface area contributed by atoms with E-state index < -0.39 is 11.9 Å². The van der Waals surface area contributed by atoms with Crippen molar-refractivity contribution in [2.45, 2.75) is 52.4 Å². The largest absolute Gasteiger partial charge is 0.462 e. The Morgan fingerprint density at radius 3 is 2.63 bits per heavy atom. The first-order valence-electron chi connectivity index (χ1n) is 9.75. The molecule has 3 rings (SSSR count). The number of ether oxygens (including phenoxy) is 2. The maximum absolute atomic E-state index is 12.2. The zero-order chi connectivity index (χ0) is 19.4. The van der Waals surface area contributed by atoms with Gasteiger partial charge in [-0.15, -0.1) is 11.3 Å². The quantitative estimate of drug-likeness (QED) is 0.680. The maximum atomic E-state index is 12.2. The number of thiophene rings is 1. The number of hydrogen-bond acceptors (Lipinski definition) is 6. The van der Waals surface area contributed by atoms with Crippen LogP contribution in [-0.2, 0) is 25.5 Å². The van der Waals surface area contributed by atoms with Gasteiger partial charge in [-0.3, -0.25) is 9.59 Å². The molecule has 6 nitrogen and oxygen atoms in total. The number of rotatable bonds is 8. The Morgan fingerprint density at radius 2 is 2.00 bits per heavy atom. The van der Waals surface area contributed by atoms with E-state index in [4.69, 9.17) is 9.47 Å². The van der Waals surface area contributed by atoms with E-state index >= 15 is 0 Å². The van der Waals surface area contributed by atoms with E-state index in [1.54, 1.807) is 13.0 Å². The van der Waals surface area contributed by atoms with Gasteiger partial charge in [0.1, 0.15) is 5.00 Å². The second kappa shape index (κ2) is 8.87. The van der Waals surface area contributed by atoms with Crippen LogP contribution in [0.5, 0.6) is 0 Å². The summed E-state index contributed by atoms with van der Waals surface area (Å²) in [5.41, 5.74) is 0.348. The molecule has 2 aliphatic carbocycles. The number of esters is 2. The molecule has 1 amide bonds. The van der Waals surface area contributed by atoms with E-state index in [9.17, 15) is 14.4 Å². The second-order valence-corrected chi connectivity index (χ2v) is 8.51. The molecule has 0 spiro atoms. The van der Waals surface area contributed by atoms with Gasteiger partial charge in [-0.2, -0.15) is 0 Å². The average Bonchev–Trinajstić information content (AvgIpc) is 3.35. The number of carbonyl (C=O) groups is 3. The summed E-state index contributed by atoms with van der Waals surface area (Å²) in [7, 11) is 0. The summed E-state index contributed by atoms with van der Waals surface area (Å²) in [5.74, 6) is 0.641. The van der Waals surface area contributed by atoms with Crippen molar-refractivity contribution in [3.63, 3.8) is 0 Å². The molecule has 7 heteroatoms. The van der Waals surface area contributed by atoms with Crippen LogP contribution in [0.2, 0.25) is 0 Å². The summed E-state index contributed by atoms with van der Waals surface area (Å²) < 4.78 is 10.2. The van der Waals surface area contributed by atoms with Gasteiger partial charge >= 0.3 is 11.9 Å². The lowest BCUT2D eigenvalue weighted by molar-refractivity contribution is -0.148. The minimum atomic E-state index is -0.461. The van der Waals surface area contributed by atoms with Gasteiger partial charge in [0, 0.05) is 11.3 Å². The van der Waals surface area contributed by atoms with Crippen LogP contribution in [0.4, 0.5) is 5.00 Å². The molecule has 148 valence electrons. The van der Waals surface area contributed by atoms with Gasteiger partial charge < -0.3 is 14.8 Å². The summed E-state index contributed by atoms with van der Waals surface area (Å²) in [5, 5.41) is 3.13. The fourth-order valence-electron chi connectivity index (χ4n) is 4.28. The summed E-state index contributed by atoms with van der Waals surface area (Å²) in [4.78, 5) is 37.3. The van der Waals surface area contributed by atoms with Gasteiger partial charge in [0.05, 0.1) is 12.2 Å². The lowest BCUT2D eigenvalue weighted by atomic mass is 9.86. The van der Waals surface area contributed by atoms with Crippen molar-refractivity contribution < 1.29 is 23.9 Å². The normalized spacial score (nSPS) is 23.3. The topological polar surface area (TPSA) is 81.7 Å². The van der Waals surface area contributed by atoms with Gasteiger partial charge in [-0.25, -0.2) is 4.79 Å². The van der Waals surface area contributed by atoms with Crippen molar-refractivity contribution in [1.82, 2.24) is 0 Å². The highest BCUT2D eigenvalue weighted by Gasteiger charge is 2.40. The van der Waals surface area contributed by atoms with E-state index in [1.807, 2.05) is 6.92 Å². The molecule has 2 saturated carbocycles. The molecule has 2 bridgehead atoms. The molecule has 27 heavy (non-hydrogen) atoms. The lowest BCUT2D eigenvalue weighted by Gasteiger charge is -2.20. The first-order chi connectivity index (χ1) is 13.0. The van der Waals surface area contributed by atoms with E-state index in [0.29, 0.717) is 28.8 Å². The molecule has 2 fully saturated rings. The molecule has 1 heterocycles. The number of hydrogen-bond donors (Lipinski definition) is 1. The average molecular weight is 394 g/mol. The van der Waals surface area contributed by atoms with Crippen LogP contribution in [0.1, 0.15) is 61.2 Å². The summed E-state index contributed by atoms with van der Waals surface area (Å²) in [6, 6.07) is 1.74. The predicted octanol–water partition coefficient (Wildman–Crippen LogP) is 3.80. The van der Waals surface area contributed by atoms with E-state index in [2.05, 4.69) is 5.32 Å². The highest BCUT2D eigenvalue weighted by atomic mass is 32.1. The molecule has 2 aliphatic rings. The van der Waals surface area contributed by atoms with Crippen LogP contribution in [-0.4, -0.2) is 31.1 Å². The fraction of sp³-hybridized carbons (Fsp3) is 0.650. The molecule has 3 atom stereocenters. The molecule has 0 aliphatic heterocycles. The Hall–Kier alpha value is -1.89. The number of fused-ring (bicyclic) bond motifs is 2. The van der Waals surface area contributed by atoms with Gasteiger partial charge in [0.15, 0.2) is 6.61 Å². The third-order valence-electron chi connectivity index (χ3n) is 5.56. The molecular weight excluding hydrogens is 366 g/mol. The molecule has 0 radical (unpaired) electrons. The van der Waals surface area contributed by atoms with Crippen molar-refractivity contribution in [1.29, 1.82) is 0 Å². The standard InChI is InChI=1S/C20H27NO5S/c1-3-15-10-16(20(24)25-4-2)19(27-15)21-17(22)11-26-18(23)9-14-8-12-5-6-13(14)7-12/h10,12-14H,3-9,11H2,1-2H3,(H,21,22)/t12-,13-,14-/m1/s1. The van der Waals surface area contributed by atoms with Crippen molar-refractivity contribution in [3.05, 3.63) is 16.5 Å². The number of anilines is 1. The molecule has 1 aromatic rings. The maximum Gasteiger partial charge on any atom is 0.341 e. The van der Waals surface area contributed by atoms with Gasteiger partial charge in [0.25, 0.3) is 5.91 Å². The van der Waals surface area contributed by atoms with Gasteiger partial charge in [0.2, 0.25) is 0 Å². The van der Waals surface area contributed by atoms with Crippen LogP contribution in [0.3, 0.4) is 0 Å². The highest BCUT2D eigenvalue weighted by molar-refractivity contribution is 7.16. The van der Waals surface area contributed by atoms with Crippen LogP contribution < -0.4 is 5.32 Å². The minimum absolute atomic E-state index is 0.268. The predicted molar refractivity (Wildman–Crippen MR) is 103 cm³/mol. The van der Waals surface area contributed by atoms with Crippen molar-refractivity contribution in [2.75, 3.05) is 18.5 Å². The van der Waals surface area contributed by atoms with Crippen LogP contribution in [0, 0.1) is 17.8 Å². The monoisotopic (exact) mass is 393 g/mol. The van der Waals surface area contributed by atoms with E-state index in [0.717, 1.165) is 23.6 Å². The first-order valence-corrected chi connectivity index (χ1v) is 10.6. The SMILES string of the molecule is CCOC(=O)c1cc(CC)sc1NC(=O)COC(=O)C[C@H]1C[C@@H]2CC[C@@H]1C2. The summed E-state index contributed by atoms with van der Waals surface area (Å²) >= 11 is 1.34. The lowest BCUT2D eigenvalue weighted by Crippen LogP contribution is -2.23. The molecule has 0 aromatic carbocycles. The van der Waals surface area contributed by atoms with Gasteiger partial charge in [-0.1, -0.05) is 13.3 Å². The van der Waals surface area contributed by atoms with Crippen LogP contribution in [0.15, 0.2) is 6.07 Å². The number of nitrogens with one attached hydrogen (secondary N) is 1. The van der Waals surface area contributed by atoms with Crippen LogP contribution in [0.25, 0.3) is 0 Å². The molecular formula is C20H27NO5S.